The Morgan fingerprint density at radius 3 is 2.40 bits per heavy atom. The molecule has 11 heteroatoms. The van der Waals surface area contributed by atoms with Crippen LogP contribution in [0.3, 0.4) is 0 Å². The van der Waals surface area contributed by atoms with E-state index in [0.717, 1.165) is 17.7 Å². The highest BCUT2D eigenvalue weighted by Gasteiger charge is 2.54. The molecule has 2 amide bonds. The Balaban J connectivity index is 1.55. The Bertz CT molecular complexity index is 1610. The summed E-state index contributed by atoms with van der Waals surface area (Å²) < 4.78 is 57.2. The molecule has 3 aromatic carbocycles. The van der Waals surface area contributed by atoms with Crippen molar-refractivity contribution in [2.45, 2.75) is 49.6 Å². The summed E-state index contributed by atoms with van der Waals surface area (Å²) in [5.41, 5.74) is 1.32. The van der Waals surface area contributed by atoms with Gasteiger partial charge in [-0.05, 0) is 67.3 Å². The number of sulfonamides is 1. The van der Waals surface area contributed by atoms with Gasteiger partial charge in [0.2, 0.25) is 5.91 Å². The van der Waals surface area contributed by atoms with Crippen LogP contribution in [0.4, 0.5) is 14.5 Å². The number of carbonyl (C=O) groups is 2. The monoisotopic (exact) mass is 587 g/mol. The predicted molar refractivity (Wildman–Crippen MR) is 148 cm³/mol. The maximum Gasteiger partial charge on any atom is 0.267 e. The number of nitrogens with zero attached hydrogens (tertiary/aromatic N) is 2. The van der Waals surface area contributed by atoms with E-state index >= 15 is 0 Å². The Labute approximate surface area is 236 Å². The average molecular weight is 588 g/mol. The molecular formula is C29H28ClF2N3O4S. The van der Waals surface area contributed by atoms with Crippen LogP contribution in [0, 0.1) is 11.6 Å². The molecule has 5 rings (SSSR count). The quantitative estimate of drug-likeness (QED) is 0.454. The second kappa shape index (κ2) is 10.5. The molecule has 1 spiro atoms. The SMILES string of the molecule is CC(=O)N1CCC2(CC1)c1cc(C(=O)NCc3ccccc3Cl)ccc1N(S(=O)(=O)c1ccc(F)cc1F)C2C. The van der Waals surface area contributed by atoms with Crippen LogP contribution in [0.25, 0.3) is 0 Å². The predicted octanol–water partition coefficient (Wildman–Crippen LogP) is 5.03. The molecule has 2 heterocycles. The number of nitrogens with one attached hydrogen (secondary N) is 1. The Hall–Kier alpha value is -3.50. The van der Waals surface area contributed by atoms with Gasteiger partial charge in [0.25, 0.3) is 15.9 Å². The van der Waals surface area contributed by atoms with Gasteiger partial charge in [0.1, 0.15) is 16.5 Å². The zero-order chi connectivity index (χ0) is 28.8. The normalized spacial score (nSPS) is 18.1. The summed E-state index contributed by atoms with van der Waals surface area (Å²) in [6, 6.07) is 13.6. The lowest BCUT2D eigenvalue weighted by molar-refractivity contribution is -0.130. The molecule has 0 saturated carbocycles. The highest BCUT2D eigenvalue weighted by molar-refractivity contribution is 7.93. The van der Waals surface area contributed by atoms with Gasteiger partial charge in [0, 0.05) is 48.6 Å². The van der Waals surface area contributed by atoms with Crippen LogP contribution in [0.1, 0.15) is 48.2 Å². The molecule has 1 atom stereocenters. The number of hydrogen-bond acceptors (Lipinski definition) is 4. The van der Waals surface area contributed by atoms with E-state index in [1.807, 2.05) is 12.1 Å². The summed E-state index contributed by atoms with van der Waals surface area (Å²) in [7, 11) is -4.44. The lowest BCUT2D eigenvalue weighted by Crippen LogP contribution is -2.52. The van der Waals surface area contributed by atoms with Crippen molar-refractivity contribution in [2.75, 3.05) is 17.4 Å². The first-order valence-corrected chi connectivity index (χ1v) is 14.7. The Morgan fingerprint density at radius 2 is 1.75 bits per heavy atom. The molecule has 0 aliphatic carbocycles. The number of amides is 2. The van der Waals surface area contributed by atoms with Gasteiger partial charge in [-0.2, -0.15) is 0 Å². The van der Waals surface area contributed by atoms with E-state index in [9.17, 15) is 26.8 Å². The number of anilines is 1. The van der Waals surface area contributed by atoms with E-state index in [-0.39, 0.29) is 18.4 Å². The zero-order valence-electron chi connectivity index (χ0n) is 22.0. The van der Waals surface area contributed by atoms with Crippen LogP contribution in [0.2, 0.25) is 5.02 Å². The highest BCUT2D eigenvalue weighted by Crippen LogP contribution is 2.53. The van der Waals surface area contributed by atoms with Crippen LogP contribution in [-0.2, 0) is 26.8 Å². The van der Waals surface area contributed by atoms with Crippen molar-refractivity contribution in [2.24, 2.45) is 0 Å². The number of halogens is 3. The molecule has 210 valence electrons. The molecule has 1 unspecified atom stereocenters. The summed E-state index contributed by atoms with van der Waals surface area (Å²) in [5, 5.41) is 3.38. The van der Waals surface area contributed by atoms with Gasteiger partial charge in [-0.1, -0.05) is 29.8 Å². The van der Waals surface area contributed by atoms with Gasteiger partial charge in [-0.25, -0.2) is 17.2 Å². The van der Waals surface area contributed by atoms with Crippen LogP contribution in [0.15, 0.2) is 65.6 Å². The lowest BCUT2D eigenvalue weighted by atomic mass is 9.70. The number of hydrogen-bond donors (Lipinski definition) is 1. The average Bonchev–Trinajstić information content (AvgIpc) is 3.15. The first-order valence-electron chi connectivity index (χ1n) is 12.9. The molecule has 0 bridgehead atoms. The van der Waals surface area contributed by atoms with Gasteiger partial charge in [0.05, 0.1) is 11.7 Å². The molecule has 7 nitrogen and oxygen atoms in total. The minimum Gasteiger partial charge on any atom is -0.348 e. The molecular weight excluding hydrogens is 560 g/mol. The van der Waals surface area contributed by atoms with Crippen molar-refractivity contribution in [1.29, 1.82) is 0 Å². The number of benzene rings is 3. The van der Waals surface area contributed by atoms with E-state index in [1.165, 1.54) is 17.3 Å². The van der Waals surface area contributed by atoms with Crippen LogP contribution in [0.5, 0.6) is 0 Å². The summed E-state index contributed by atoms with van der Waals surface area (Å²) in [6.07, 6.45) is 0.896. The molecule has 3 aromatic rings. The van der Waals surface area contributed by atoms with E-state index in [0.29, 0.717) is 53.8 Å². The fraction of sp³-hybridized carbons (Fsp3) is 0.310. The molecule has 0 radical (unpaired) electrons. The molecule has 0 aromatic heterocycles. The maximum atomic E-state index is 14.7. The first kappa shape index (κ1) is 28.0. The number of likely N-dealkylation sites (tertiary alicyclic amines) is 1. The van der Waals surface area contributed by atoms with Crippen LogP contribution in [-0.4, -0.2) is 44.3 Å². The molecule has 1 N–H and O–H groups in total. The molecule has 2 aliphatic heterocycles. The highest BCUT2D eigenvalue weighted by atomic mass is 35.5. The minimum absolute atomic E-state index is 0.0775. The topological polar surface area (TPSA) is 86.8 Å². The third kappa shape index (κ3) is 4.73. The van der Waals surface area contributed by atoms with Gasteiger partial charge in [-0.3, -0.25) is 13.9 Å². The number of carbonyl (C=O) groups excluding carboxylic acids is 2. The number of piperidine rings is 1. The third-order valence-corrected chi connectivity index (χ3v) is 10.4. The van der Waals surface area contributed by atoms with Crippen molar-refractivity contribution < 1.29 is 26.8 Å². The minimum atomic E-state index is -4.44. The lowest BCUT2D eigenvalue weighted by Gasteiger charge is -2.43. The number of fused-ring (bicyclic) bond motifs is 2. The second-order valence-electron chi connectivity index (χ2n) is 10.2. The fourth-order valence-electron chi connectivity index (χ4n) is 5.88. The first-order chi connectivity index (χ1) is 19.0. The standard InChI is InChI=1S/C29H28ClF2N3O4S/c1-18-29(11-13-34(14-12-29)19(2)36)23-15-20(28(37)33-17-21-5-3-4-6-24(21)30)7-9-26(23)35(18)40(38,39)27-10-8-22(31)16-25(27)32/h3-10,15-16,18H,11-14,17H2,1-2H3,(H,33,37). The molecule has 40 heavy (non-hydrogen) atoms. The van der Waals surface area contributed by atoms with Crippen molar-refractivity contribution >= 4 is 39.1 Å². The van der Waals surface area contributed by atoms with E-state index in [1.54, 1.807) is 36.1 Å². The molecule has 1 fully saturated rings. The van der Waals surface area contributed by atoms with Crippen molar-refractivity contribution in [3.63, 3.8) is 0 Å². The summed E-state index contributed by atoms with van der Waals surface area (Å²) in [5.74, 6) is -2.51. The van der Waals surface area contributed by atoms with Gasteiger partial charge < -0.3 is 10.2 Å². The van der Waals surface area contributed by atoms with Crippen molar-refractivity contribution in [1.82, 2.24) is 10.2 Å². The smallest absolute Gasteiger partial charge is 0.267 e. The third-order valence-electron chi connectivity index (χ3n) is 8.11. The van der Waals surface area contributed by atoms with E-state index in [4.69, 9.17) is 11.6 Å². The Kier molecular flexibility index (Phi) is 7.35. The Morgan fingerprint density at radius 1 is 1.05 bits per heavy atom. The largest absolute Gasteiger partial charge is 0.348 e. The van der Waals surface area contributed by atoms with Crippen molar-refractivity contribution in [3.05, 3.63) is 94.0 Å². The fourth-order valence-corrected chi connectivity index (χ4v) is 7.88. The van der Waals surface area contributed by atoms with Crippen LogP contribution < -0.4 is 9.62 Å². The zero-order valence-corrected chi connectivity index (χ0v) is 23.5. The van der Waals surface area contributed by atoms with Gasteiger partial charge >= 0.3 is 0 Å². The summed E-state index contributed by atoms with van der Waals surface area (Å²) in [6.45, 7) is 4.25. The van der Waals surface area contributed by atoms with E-state index in [2.05, 4.69) is 5.32 Å². The molecule has 1 saturated heterocycles. The summed E-state index contributed by atoms with van der Waals surface area (Å²) in [4.78, 5) is 26.3. The summed E-state index contributed by atoms with van der Waals surface area (Å²) >= 11 is 6.22. The van der Waals surface area contributed by atoms with Crippen molar-refractivity contribution in [3.8, 4) is 0 Å². The number of rotatable bonds is 5. The van der Waals surface area contributed by atoms with Gasteiger partial charge in [-0.15, -0.1) is 0 Å². The van der Waals surface area contributed by atoms with E-state index < -0.39 is 38.0 Å². The molecule has 2 aliphatic rings. The maximum absolute atomic E-state index is 14.7. The van der Waals surface area contributed by atoms with Gasteiger partial charge in [0.15, 0.2) is 0 Å². The second-order valence-corrected chi connectivity index (χ2v) is 12.4. The van der Waals surface area contributed by atoms with Crippen LogP contribution >= 0.6 is 11.6 Å².